The van der Waals surface area contributed by atoms with E-state index in [4.69, 9.17) is 11.6 Å². The molecule has 1 N–H and O–H groups in total. The van der Waals surface area contributed by atoms with Gasteiger partial charge in [0.15, 0.2) is 0 Å². The quantitative estimate of drug-likeness (QED) is 0.605. The minimum absolute atomic E-state index is 0.0661. The van der Waals surface area contributed by atoms with Crippen LogP contribution in [0.3, 0.4) is 0 Å². The molecule has 0 spiro atoms. The Morgan fingerprint density at radius 3 is 2.37 bits per heavy atom. The minimum atomic E-state index is -0.587. The summed E-state index contributed by atoms with van der Waals surface area (Å²) in [4.78, 5) is 27.5. The maximum Gasteiger partial charge on any atom is 0.242 e. The van der Waals surface area contributed by atoms with Crippen LogP contribution in [0.15, 0.2) is 48.5 Å². The first-order valence-electron chi connectivity index (χ1n) is 10.0. The number of amides is 2. The van der Waals surface area contributed by atoms with Crippen LogP contribution in [0, 0.1) is 6.92 Å². The van der Waals surface area contributed by atoms with Crippen LogP contribution in [-0.2, 0) is 21.9 Å². The number of hydrogen-bond acceptors (Lipinski definition) is 3. The number of benzene rings is 2. The average Bonchev–Trinajstić information content (AvgIpc) is 2.65. The standard InChI is InChI=1S/C24H31ClN2O2S/c1-17-9-11-19(12-10-17)15-30-16-22(28)27(14-20-7-6-8-21(25)13-20)18(2)23(29)26-24(3,4)5/h6-13,18H,14-16H2,1-5H3,(H,26,29)/t18-/m1/s1. The van der Waals surface area contributed by atoms with Crippen molar-refractivity contribution < 1.29 is 9.59 Å². The fraction of sp³-hybridized carbons (Fsp3) is 0.417. The summed E-state index contributed by atoms with van der Waals surface area (Å²) >= 11 is 7.67. The van der Waals surface area contributed by atoms with Gasteiger partial charge in [0.1, 0.15) is 6.04 Å². The van der Waals surface area contributed by atoms with Crippen LogP contribution >= 0.6 is 23.4 Å². The summed E-state index contributed by atoms with van der Waals surface area (Å²) in [6.45, 7) is 9.95. The molecule has 0 aliphatic carbocycles. The van der Waals surface area contributed by atoms with Crippen molar-refractivity contribution in [3.8, 4) is 0 Å². The number of rotatable bonds is 8. The molecule has 4 nitrogen and oxygen atoms in total. The number of nitrogens with one attached hydrogen (secondary N) is 1. The van der Waals surface area contributed by atoms with Crippen LogP contribution in [0.4, 0.5) is 0 Å². The van der Waals surface area contributed by atoms with Gasteiger partial charge in [-0.05, 0) is 57.9 Å². The van der Waals surface area contributed by atoms with Gasteiger partial charge in [0.2, 0.25) is 11.8 Å². The summed E-state index contributed by atoms with van der Waals surface area (Å²) in [5, 5.41) is 3.58. The van der Waals surface area contributed by atoms with E-state index in [1.807, 2.05) is 39.0 Å². The van der Waals surface area contributed by atoms with E-state index in [-0.39, 0.29) is 17.4 Å². The minimum Gasteiger partial charge on any atom is -0.350 e. The summed E-state index contributed by atoms with van der Waals surface area (Å²) in [6, 6.07) is 15.1. The largest absolute Gasteiger partial charge is 0.350 e. The van der Waals surface area contributed by atoms with Crippen LogP contribution in [-0.4, -0.2) is 34.0 Å². The van der Waals surface area contributed by atoms with Crippen LogP contribution in [0.25, 0.3) is 0 Å². The first kappa shape index (κ1) is 24.3. The van der Waals surface area contributed by atoms with Gasteiger partial charge in [-0.15, -0.1) is 11.8 Å². The predicted molar refractivity (Wildman–Crippen MR) is 127 cm³/mol. The third-order valence-electron chi connectivity index (χ3n) is 4.52. The Morgan fingerprint density at radius 2 is 1.77 bits per heavy atom. The van der Waals surface area contributed by atoms with Crippen molar-refractivity contribution in [1.82, 2.24) is 10.2 Å². The van der Waals surface area contributed by atoms with Crippen molar-refractivity contribution in [1.29, 1.82) is 0 Å². The Balaban J connectivity index is 2.09. The highest BCUT2D eigenvalue weighted by atomic mass is 35.5. The molecule has 2 amide bonds. The monoisotopic (exact) mass is 446 g/mol. The average molecular weight is 447 g/mol. The number of carbonyl (C=O) groups excluding carboxylic acids is 2. The number of carbonyl (C=O) groups is 2. The normalized spacial score (nSPS) is 12.3. The summed E-state index contributed by atoms with van der Waals surface area (Å²) < 4.78 is 0. The second-order valence-electron chi connectivity index (χ2n) is 8.55. The lowest BCUT2D eigenvalue weighted by molar-refractivity contribution is -0.139. The lowest BCUT2D eigenvalue weighted by atomic mass is 10.1. The molecule has 2 aromatic rings. The van der Waals surface area contributed by atoms with Crippen LogP contribution in [0.2, 0.25) is 5.02 Å². The highest BCUT2D eigenvalue weighted by molar-refractivity contribution is 7.99. The van der Waals surface area contributed by atoms with Gasteiger partial charge < -0.3 is 10.2 Å². The summed E-state index contributed by atoms with van der Waals surface area (Å²) in [7, 11) is 0. The smallest absolute Gasteiger partial charge is 0.242 e. The number of hydrogen-bond donors (Lipinski definition) is 1. The van der Waals surface area contributed by atoms with E-state index in [1.54, 1.807) is 29.7 Å². The van der Waals surface area contributed by atoms with Gasteiger partial charge in [-0.1, -0.05) is 53.6 Å². The number of aryl methyl sites for hydroxylation is 1. The highest BCUT2D eigenvalue weighted by Gasteiger charge is 2.28. The van der Waals surface area contributed by atoms with E-state index < -0.39 is 6.04 Å². The third-order valence-corrected chi connectivity index (χ3v) is 5.75. The third kappa shape index (κ3) is 8.04. The van der Waals surface area contributed by atoms with Crippen molar-refractivity contribution in [3.05, 3.63) is 70.2 Å². The fourth-order valence-corrected chi connectivity index (χ4v) is 4.00. The maximum absolute atomic E-state index is 13.1. The first-order valence-corrected chi connectivity index (χ1v) is 11.6. The van der Waals surface area contributed by atoms with Gasteiger partial charge in [0, 0.05) is 22.9 Å². The molecular weight excluding hydrogens is 416 g/mol. The molecule has 0 aliphatic rings. The van der Waals surface area contributed by atoms with E-state index in [1.165, 1.54) is 11.1 Å². The van der Waals surface area contributed by atoms with Gasteiger partial charge in [0.05, 0.1) is 5.75 Å². The Kier molecular flexibility index (Phi) is 8.80. The summed E-state index contributed by atoms with van der Waals surface area (Å²) in [5.74, 6) is 0.825. The number of halogens is 1. The molecule has 0 radical (unpaired) electrons. The summed E-state index contributed by atoms with van der Waals surface area (Å²) in [6.07, 6.45) is 0. The van der Waals surface area contributed by atoms with Crippen molar-refractivity contribution >= 4 is 35.2 Å². The molecule has 0 unspecified atom stereocenters. The van der Waals surface area contributed by atoms with Gasteiger partial charge in [-0.3, -0.25) is 9.59 Å². The molecule has 0 aromatic heterocycles. The van der Waals surface area contributed by atoms with E-state index in [2.05, 4.69) is 36.5 Å². The highest BCUT2D eigenvalue weighted by Crippen LogP contribution is 2.18. The van der Waals surface area contributed by atoms with Gasteiger partial charge in [-0.25, -0.2) is 0 Å². The van der Waals surface area contributed by atoms with Crippen molar-refractivity contribution in [2.75, 3.05) is 5.75 Å². The van der Waals surface area contributed by atoms with E-state index in [0.29, 0.717) is 17.3 Å². The van der Waals surface area contributed by atoms with E-state index in [0.717, 1.165) is 11.3 Å². The fourth-order valence-electron chi connectivity index (χ4n) is 2.91. The molecule has 0 fully saturated rings. The zero-order valence-corrected chi connectivity index (χ0v) is 19.9. The predicted octanol–water partition coefficient (Wildman–Crippen LogP) is 5.21. The molecule has 162 valence electrons. The topological polar surface area (TPSA) is 49.4 Å². The van der Waals surface area contributed by atoms with Gasteiger partial charge in [-0.2, -0.15) is 0 Å². The SMILES string of the molecule is Cc1ccc(CSCC(=O)N(Cc2cccc(Cl)c2)[C@H](C)C(=O)NC(C)(C)C)cc1. The van der Waals surface area contributed by atoms with Crippen molar-refractivity contribution in [2.24, 2.45) is 0 Å². The van der Waals surface area contributed by atoms with E-state index >= 15 is 0 Å². The second-order valence-corrected chi connectivity index (χ2v) is 9.97. The van der Waals surface area contributed by atoms with Crippen LogP contribution in [0.1, 0.15) is 44.4 Å². The molecule has 0 bridgehead atoms. The maximum atomic E-state index is 13.1. The molecule has 0 aliphatic heterocycles. The van der Waals surface area contributed by atoms with Crippen molar-refractivity contribution in [3.63, 3.8) is 0 Å². The van der Waals surface area contributed by atoms with Gasteiger partial charge >= 0.3 is 0 Å². The molecule has 2 aromatic carbocycles. The molecule has 30 heavy (non-hydrogen) atoms. The van der Waals surface area contributed by atoms with Crippen LogP contribution < -0.4 is 5.32 Å². The molecular formula is C24H31ClN2O2S. The van der Waals surface area contributed by atoms with E-state index in [9.17, 15) is 9.59 Å². The molecule has 0 heterocycles. The molecule has 6 heteroatoms. The lowest BCUT2D eigenvalue weighted by Crippen LogP contribution is -2.52. The zero-order valence-electron chi connectivity index (χ0n) is 18.4. The van der Waals surface area contributed by atoms with Crippen molar-refractivity contribution in [2.45, 2.75) is 58.5 Å². The molecule has 2 rings (SSSR count). The van der Waals surface area contributed by atoms with Crippen LogP contribution in [0.5, 0.6) is 0 Å². The first-order chi connectivity index (χ1) is 14.0. The Hall–Kier alpha value is -1.98. The molecule has 0 saturated heterocycles. The molecule has 0 saturated carbocycles. The number of nitrogens with zero attached hydrogens (tertiary/aromatic N) is 1. The zero-order chi connectivity index (χ0) is 22.3. The lowest BCUT2D eigenvalue weighted by Gasteiger charge is -2.31. The number of thioether (sulfide) groups is 1. The Labute approximate surface area is 189 Å². The Bertz CT molecular complexity index is 862. The summed E-state index contributed by atoms with van der Waals surface area (Å²) in [5.41, 5.74) is 2.93. The molecule has 1 atom stereocenters. The second kappa shape index (κ2) is 10.9. The van der Waals surface area contributed by atoms with Gasteiger partial charge in [0.25, 0.3) is 0 Å². The Morgan fingerprint density at radius 1 is 1.10 bits per heavy atom.